The Kier molecular flexibility index (Phi) is 6.50. The van der Waals surface area contributed by atoms with Crippen LogP contribution in [-0.4, -0.2) is 38.8 Å². The van der Waals surface area contributed by atoms with Crippen molar-refractivity contribution in [2.75, 3.05) is 25.5 Å². The van der Waals surface area contributed by atoms with Crippen molar-refractivity contribution in [1.29, 1.82) is 0 Å². The lowest BCUT2D eigenvalue weighted by Crippen LogP contribution is -2.43. The van der Waals surface area contributed by atoms with Crippen LogP contribution in [0.5, 0.6) is 5.75 Å². The molecule has 6 nitrogen and oxygen atoms in total. The maximum atomic E-state index is 12.9. The molecule has 0 saturated carbocycles. The average Bonchev–Trinajstić information content (AvgIpc) is 2.67. The van der Waals surface area contributed by atoms with Crippen molar-refractivity contribution in [2.45, 2.75) is 17.7 Å². The van der Waals surface area contributed by atoms with Gasteiger partial charge < -0.3 is 10.1 Å². The van der Waals surface area contributed by atoms with E-state index < -0.39 is 15.9 Å². The average molecular weight is 443 g/mol. The maximum absolute atomic E-state index is 12.9. The van der Waals surface area contributed by atoms with Gasteiger partial charge in [-0.1, -0.05) is 23.2 Å². The van der Waals surface area contributed by atoms with E-state index in [1.54, 1.807) is 30.3 Å². The quantitative estimate of drug-likeness (QED) is 0.757. The molecule has 1 aliphatic rings. The monoisotopic (exact) mass is 442 g/mol. The van der Waals surface area contributed by atoms with Gasteiger partial charge in [0, 0.05) is 28.8 Å². The van der Waals surface area contributed by atoms with E-state index in [0.717, 1.165) is 0 Å². The largest absolute Gasteiger partial charge is 0.497 e. The summed E-state index contributed by atoms with van der Waals surface area (Å²) >= 11 is 11.9. The van der Waals surface area contributed by atoms with Crippen LogP contribution in [-0.2, 0) is 14.8 Å². The number of hydrogen-bond acceptors (Lipinski definition) is 4. The van der Waals surface area contributed by atoms with Gasteiger partial charge in [0.15, 0.2) is 0 Å². The van der Waals surface area contributed by atoms with E-state index in [-0.39, 0.29) is 17.3 Å². The third-order valence-corrected chi connectivity index (χ3v) is 6.90. The highest BCUT2D eigenvalue weighted by Gasteiger charge is 2.33. The number of hydrogen-bond donors (Lipinski definition) is 1. The highest BCUT2D eigenvalue weighted by atomic mass is 35.5. The van der Waals surface area contributed by atoms with Crippen LogP contribution < -0.4 is 10.1 Å². The summed E-state index contributed by atoms with van der Waals surface area (Å²) in [4.78, 5) is 12.8. The van der Waals surface area contributed by atoms with Gasteiger partial charge in [-0.25, -0.2) is 8.42 Å². The zero-order chi connectivity index (χ0) is 20.3. The molecule has 1 amide bonds. The van der Waals surface area contributed by atoms with E-state index in [4.69, 9.17) is 27.9 Å². The number of methoxy groups -OCH3 is 1. The molecule has 0 spiro atoms. The number of carbonyl (C=O) groups is 1. The topological polar surface area (TPSA) is 75.7 Å². The molecule has 0 aliphatic carbocycles. The summed E-state index contributed by atoms with van der Waals surface area (Å²) < 4.78 is 32.3. The zero-order valence-corrected chi connectivity index (χ0v) is 17.5. The zero-order valence-electron chi connectivity index (χ0n) is 15.2. The Bertz CT molecular complexity index is 944. The Morgan fingerprint density at radius 2 is 1.79 bits per heavy atom. The predicted molar refractivity (Wildman–Crippen MR) is 110 cm³/mol. The Hall–Kier alpha value is -1.80. The number of carbonyl (C=O) groups excluding carboxylic acids is 1. The first-order valence-corrected chi connectivity index (χ1v) is 10.9. The van der Waals surface area contributed by atoms with Crippen LogP contribution in [0.4, 0.5) is 5.69 Å². The van der Waals surface area contributed by atoms with E-state index in [9.17, 15) is 13.2 Å². The molecule has 150 valence electrons. The van der Waals surface area contributed by atoms with Gasteiger partial charge in [0.05, 0.1) is 17.9 Å². The molecule has 0 radical (unpaired) electrons. The van der Waals surface area contributed by atoms with Crippen LogP contribution in [0.2, 0.25) is 10.0 Å². The second-order valence-electron chi connectivity index (χ2n) is 6.53. The van der Waals surface area contributed by atoms with E-state index in [1.807, 2.05) is 0 Å². The van der Waals surface area contributed by atoms with Crippen molar-refractivity contribution in [3.63, 3.8) is 0 Å². The third kappa shape index (κ3) is 4.78. The lowest BCUT2D eigenvalue weighted by molar-refractivity contribution is -0.120. The van der Waals surface area contributed by atoms with Crippen molar-refractivity contribution < 1.29 is 17.9 Å². The normalized spacial score (nSPS) is 17.9. The van der Waals surface area contributed by atoms with Gasteiger partial charge >= 0.3 is 0 Å². The fraction of sp³-hybridized carbons (Fsp3) is 0.316. The minimum Gasteiger partial charge on any atom is -0.497 e. The number of rotatable bonds is 5. The van der Waals surface area contributed by atoms with Gasteiger partial charge in [0.2, 0.25) is 15.9 Å². The fourth-order valence-corrected chi connectivity index (χ4v) is 5.19. The lowest BCUT2D eigenvalue weighted by atomic mass is 9.99. The van der Waals surface area contributed by atoms with Crippen molar-refractivity contribution in [1.82, 2.24) is 4.31 Å². The summed E-state index contributed by atoms with van der Waals surface area (Å²) in [6, 6.07) is 11.0. The molecule has 1 heterocycles. The summed E-state index contributed by atoms with van der Waals surface area (Å²) in [6.45, 7) is 0.496. The van der Waals surface area contributed by atoms with Gasteiger partial charge in [-0.05, 0) is 55.3 Å². The van der Waals surface area contributed by atoms with E-state index in [1.165, 1.54) is 23.5 Å². The Labute approximate surface area is 174 Å². The maximum Gasteiger partial charge on any atom is 0.243 e. The number of ether oxygens (including phenoxy) is 1. The number of nitrogens with one attached hydrogen (secondary N) is 1. The van der Waals surface area contributed by atoms with Crippen LogP contribution in [0.1, 0.15) is 12.8 Å². The number of anilines is 1. The van der Waals surface area contributed by atoms with E-state index in [0.29, 0.717) is 40.9 Å². The molecule has 2 aromatic carbocycles. The Morgan fingerprint density at radius 1 is 1.14 bits per heavy atom. The minimum absolute atomic E-state index is 0.120. The molecule has 1 atom stereocenters. The molecule has 0 aromatic heterocycles. The molecule has 2 aromatic rings. The van der Waals surface area contributed by atoms with Crippen LogP contribution in [0.25, 0.3) is 0 Å². The number of sulfonamides is 1. The molecule has 1 aliphatic heterocycles. The van der Waals surface area contributed by atoms with Gasteiger partial charge in [0.1, 0.15) is 5.75 Å². The van der Waals surface area contributed by atoms with Crippen molar-refractivity contribution in [3.05, 3.63) is 52.5 Å². The summed E-state index contributed by atoms with van der Waals surface area (Å²) in [5.41, 5.74) is 0.484. The smallest absolute Gasteiger partial charge is 0.243 e. The SMILES string of the molecule is COc1ccc(S(=O)(=O)N2CCC[C@H](C(=O)Nc3cc(Cl)cc(Cl)c3)C2)cc1. The molecule has 0 unspecified atom stereocenters. The first-order chi connectivity index (χ1) is 13.3. The van der Waals surface area contributed by atoms with Crippen LogP contribution in [0.15, 0.2) is 47.4 Å². The summed E-state index contributed by atoms with van der Waals surface area (Å²) in [5, 5.41) is 3.60. The summed E-state index contributed by atoms with van der Waals surface area (Å²) in [5.74, 6) is -0.137. The number of nitrogens with zero attached hydrogens (tertiary/aromatic N) is 1. The van der Waals surface area contributed by atoms with Crippen molar-refractivity contribution in [3.8, 4) is 5.75 Å². The van der Waals surface area contributed by atoms with Crippen LogP contribution in [0, 0.1) is 5.92 Å². The molecule has 9 heteroatoms. The van der Waals surface area contributed by atoms with Gasteiger partial charge in [-0.2, -0.15) is 4.31 Å². The standard InChI is InChI=1S/C19H20Cl2N2O4S/c1-27-17-4-6-18(7-5-17)28(25,26)23-8-2-3-13(12-23)19(24)22-16-10-14(20)9-15(21)11-16/h4-7,9-11,13H,2-3,8,12H2,1H3,(H,22,24)/t13-/m0/s1. The third-order valence-electron chi connectivity index (χ3n) is 4.58. The number of amides is 1. The molecular weight excluding hydrogens is 423 g/mol. The van der Waals surface area contributed by atoms with E-state index >= 15 is 0 Å². The van der Waals surface area contributed by atoms with Gasteiger partial charge in [-0.15, -0.1) is 0 Å². The van der Waals surface area contributed by atoms with Crippen molar-refractivity contribution in [2.24, 2.45) is 5.92 Å². The highest BCUT2D eigenvalue weighted by molar-refractivity contribution is 7.89. The molecular formula is C19H20Cl2N2O4S. The first-order valence-electron chi connectivity index (χ1n) is 8.71. The molecule has 1 fully saturated rings. The van der Waals surface area contributed by atoms with E-state index in [2.05, 4.69) is 5.32 Å². The van der Waals surface area contributed by atoms with Crippen LogP contribution in [0.3, 0.4) is 0 Å². The van der Waals surface area contributed by atoms with Gasteiger partial charge in [0.25, 0.3) is 0 Å². The number of benzene rings is 2. The summed E-state index contributed by atoms with van der Waals surface area (Å²) in [6.07, 6.45) is 1.21. The molecule has 3 rings (SSSR count). The molecule has 1 saturated heterocycles. The molecule has 1 N–H and O–H groups in total. The van der Waals surface area contributed by atoms with Crippen LogP contribution >= 0.6 is 23.2 Å². The Balaban J connectivity index is 1.72. The highest BCUT2D eigenvalue weighted by Crippen LogP contribution is 2.27. The van der Waals surface area contributed by atoms with Gasteiger partial charge in [-0.3, -0.25) is 4.79 Å². The minimum atomic E-state index is -3.68. The second kappa shape index (κ2) is 8.69. The second-order valence-corrected chi connectivity index (χ2v) is 9.34. The molecule has 0 bridgehead atoms. The predicted octanol–water partition coefficient (Wildman–Crippen LogP) is 4.04. The summed E-state index contributed by atoms with van der Waals surface area (Å²) in [7, 11) is -2.17. The fourth-order valence-electron chi connectivity index (χ4n) is 3.14. The Morgan fingerprint density at radius 3 is 2.39 bits per heavy atom. The number of piperidine rings is 1. The molecule has 28 heavy (non-hydrogen) atoms. The lowest BCUT2D eigenvalue weighted by Gasteiger charge is -2.31. The number of halogens is 2. The van der Waals surface area contributed by atoms with Crippen molar-refractivity contribution >= 4 is 44.8 Å². The first kappa shape index (κ1) is 20.9.